The van der Waals surface area contributed by atoms with E-state index < -0.39 is 12.1 Å². The number of hydrogen-bond acceptors (Lipinski definition) is 5. The molecular weight excluding hydrogens is 413 g/mol. The average Bonchev–Trinajstić information content (AvgIpc) is 3.35. The summed E-state index contributed by atoms with van der Waals surface area (Å²) in [6.07, 6.45) is 1.93. The average molecular weight is 436 g/mol. The fourth-order valence-corrected chi connectivity index (χ4v) is 4.02. The van der Waals surface area contributed by atoms with Crippen molar-refractivity contribution in [1.29, 1.82) is 0 Å². The highest BCUT2D eigenvalue weighted by Gasteiger charge is 2.45. The minimum absolute atomic E-state index is 0.280. The zero-order valence-corrected chi connectivity index (χ0v) is 16.7. The number of halogens is 3. The van der Waals surface area contributed by atoms with E-state index in [4.69, 9.17) is 9.90 Å². The molecule has 31 heavy (non-hydrogen) atoms. The molecule has 0 spiro atoms. The van der Waals surface area contributed by atoms with E-state index in [0.29, 0.717) is 18.5 Å². The Labute approximate surface area is 177 Å². The lowest BCUT2D eigenvalue weighted by molar-refractivity contribution is -0.192. The van der Waals surface area contributed by atoms with Gasteiger partial charge in [0.05, 0.1) is 12.1 Å². The standard InChI is InChI=1S/C19H22N4O.C2HF3O2/c24-18(8-7-15-5-2-1-3-6-15)22-13-9-17-16(22)10-14-23(17)19-20-11-4-12-21-19;3-2(4,5)1(6)7/h1-6,11-12,16-17H,7-10,13-14H2;(H,6,7)/t16-,17+;/m1./s1. The molecule has 0 unspecified atom stereocenters. The molecule has 10 heteroatoms. The number of fused-ring (bicyclic) bond motifs is 1. The molecule has 0 aliphatic carbocycles. The minimum atomic E-state index is -5.08. The fraction of sp³-hybridized carbons (Fsp3) is 0.429. The number of aromatic nitrogens is 2. The molecule has 4 rings (SSSR count). The van der Waals surface area contributed by atoms with E-state index in [0.717, 1.165) is 38.3 Å². The van der Waals surface area contributed by atoms with Crippen molar-refractivity contribution in [3.05, 3.63) is 54.4 Å². The number of alkyl halides is 3. The highest BCUT2D eigenvalue weighted by Crippen LogP contribution is 2.33. The Morgan fingerprint density at radius 3 is 2.23 bits per heavy atom. The first-order valence-corrected chi connectivity index (χ1v) is 9.94. The number of aryl methyl sites for hydroxylation is 1. The second kappa shape index (κ2) is 9.76. The van der Waals surface area contributed by atoms with Crippen molar-refractivity contribution >= 4 is 17.8 Å². The quantitative estimate of drug-likeness (QED) is 0.793. The van der Waals surface area contributed by atoms with Gasteiger partial charge in [0.1, 0.15) is 0 Å². The van der Waals surface area contributed by atoms with Crippen molar-refractivity contribution in [1.82, 2.24) is 14.9 Å². The molecule has 2 aliphatic rings. The first-order chi connectivity index (χ1) is 14.8. The maximum Gasteiger partial charge on any atom is 0.490 e. The number of benzene rings is 1. The van der Waals surface area contributed by atoms with Crippen molar-refractivity contribution in [2.45, 2.75) is 43.9 Å². The van der Waals surface area contributed by atoms with Crippen LogP contribution in [0.3, 0.4) is 0 Å². The summed E-state index contributed by atoms with van der Waals surface area (Å²) in [5.41, 5.74) is 1.23. The van der Waals surface area contributed by atoms with Crippen LogP contribution < -0.4 is 4.90 Å². The monoisotopic (exact) mass is 436 g/mol. The second-order valence-electron chi connectivity index (χ2n) is 7.33. The lowest BCUT2D eigenvalue weighted by Crippen LogP contribution is -2.40. The van der Waals surface area contributed by atoms with Crippen LogP contribution >= 0.6 is 0 Å². The predicted octanol–water partition coefficient (Wildman–Crippen LogP) is 2.92. The van der Waals surface area contributed by atoms with Crippen LogP contribution in [0.1, 0.15) is 24.8 Å². The number of carboxylic acids is 1. The van der Waals surface area contributed by atoms with Crippen LogP contribution in [0.2, 0.25) is 0 Å². The Kier molecular flexibility index (Phi) is 7.09. The number of likely N-dealkylation sites (tertiary alicyclic amines) is 1. The highest BCUT2D eigenvalue weighted by molar-refractivity contribution is 5.77. The van der Waals surface area contributed by atoms with E-state index in [9.17, 15) is 18.0 Å². The summed E-state index contributed by atoms with van der Waals surface area (Å²) in [6.45, 7) is 1.79. The Balaban J connectivity index is 0.000000339. The van der Waals surface area contributed by atoms with Gasteiger partial charge in [-0.25, -0.2) is 14.8 Å². The Morgan fingerprint density at radius 1 is 1.00 bits per heavy atom. The zero-order chi connectivity index (χ0) is 22.4. The maximum absolute atomic E-state index is 12.7. The third kappa shape index (κ3) is 5.71. The van der Waals surface area contributed by atoms with Crippen LogP contribution in [0.25, 0.3) is 0 Å². The molecule has 1 N–H and O–H groups in total. The Bertz CT molecular complexity index is 880. The molecule has 0 saturated carbocycles. The molecule has 2 saturated heterocycles. The van der Waals surface area contributed by atoms with Crippen molar-refractivity contribution < 1.29 is 27.9 Å². The number of anilines is 1. The van der Waals surface area contributed by atoms with Crippen LogP contribution in [0.4, 0.5) is 19.1 Å². The molecular formula is C21H23F3N4O3. The van der Waals surface area contributed by atoms with Crippen molar-refractivity contribution in [3.8, 4) is 0 Å². The molecule has 166 valence electrons. The lowest BCUT2D eigenvalue weighted by atomic mass is 10.1. The van der Waals surface area contributed by atoms with Crippen LogP contribution in [0.5, 0.6) is 0 Å². The number of aliphatic carboxylic acids is 1. The molecule has 1 amide bonds. The van der Waals surface area contributed by atoms with Gasteiger partial charge in [-0.1, -0.05) is 30.3 Å². The van der Waals surface area contributed by atoms with Gasteiger partial charge < -0.3 is 14.9 Å². The third-order valence-corrected chi connectivity index (χ3v) is 5.42. The first-order valence-electron chi connectivity index (χ1n) is 9.94. The van der Waals surface area contributed by atoms with Gasteiger partial charge in [0.15, 0.2) is 0 Å². The molecule has 2 aromatic rings. The van der Waals surface area contributed by atoms with E-state index in [-0.39, 0.29) is 5.91 Å². The summed E-state index contributed by atoms with van der Waals surface area (Å²) in [5, 5.41) is 7.12. The summed E-state index contributed by atoms with van der Waals surface area (Å²) in [5.74, 6) is -1.68. The minimum Gasteiger partial charge on any atom is -0.475 e. The zero-order valence-electron chi connectivity index (χ0n) is 16.7. The van der Waals surface area contributed by atoms with Gasteiger partial charge >= 0.3 is 12.1 Å². The van der Waals surface area contributed by atoms with E-state index in [1.807, 2.05) is 24.3 Å². The molecule has 7 nitrogen and oxygen atoms in total. The molecule has 2 fully saturated rings. The predicted molar refractivity (Wildman–Crippen MR) is 106 cm³/mol. The number of carbonyl (C=O) groups is 2. The second-order valence-corrected chi connectivity index (χ2v) is 7.33. The number of carbonyl (C=O) groups excluding carboxylic acids is 1. The van der Waals surface area contributed by atoms with Crippen molar-refractivity contribution in [3.63, 3.8) is 0 Å². The number of hydrogen-bond donors (Lipinski definition) is 1. The molecule has 3 heterocycles. The molecule has 2 atom stereocenters. The topological polar surface area (TPSA) is 86.6 Å². The molecule has 0 radical (unpaired) electrons. The summed E-state index contributed by atoms with van der Waals surface area (Å²) in [6, 6.07) is 12.8. The van der Waals surface area contributed by atoms with E-state index in [2.05, 4.69) is 31.9 Å². The van der Waals surface area contributed by atoms with Crippen LogP contribution in [-0.4, -0.2) is 63.2 Å². The fourth-order valence-electron chi connectivity index (χ4n) is 4.02. The number of amides is 1. The van der Waals surface area contributed by atoms with Gasteiger partial charge in [-0.05, 0) is 30.9 Å². The third-order valence-electron chi connectivity index (χ3n) is 5.42. The smallest absolute Gasteiger partial charge is 0.475 e. The summed E-state index contributed by atoms with van der Waals surface area (Å²) in [7, 11) is 0. The van der Waals surface area contributed by atoms with E-state index in [1.54, 1.807) is 12.4 Å². The van der Waals surface area contributed by atoms with Gasteiger partial charge in [-0.3, -0.25) is 4.79 Å². The Hall–Kier alpha value is -3.17. The molecule has 2 aliphatic heterocycles. The van der Waals surface area contributed by atoms with E-state index >= 15 is 0 Å². The summed E-state index contributed by atoms with van der Waals surface area (Å²) < 4.78 is 31.7. The summed E-state index contributed by atoms with van der Waals surface area (Å²) in [4.78, 5) is 34.7. The molecule has 1 aromatic carbocycles. The van der Waals surface area contributed by atoms with Gasteiger partial charge in [0, 0.05) is 31.9 Å². The van der Waals surface area contributed by atoms with Gasteiger partial charge in [-0.15, -0.1) is 0 Å². The normalized spacial score (nSPS) is 20.1. The van der Waals surface area contributed by atoms with Crippen LogP contribution in [0, 0.1) is 0 Å². The SMILES string of the molecule is O=C(CCc1ccccc1)N1CC[C@H]2[C@H]1CCN2c1ncccn1.O=C(O)C(F)(F)F. The Morgan fingerprint density at radius 2 is 1.61 bits per heavy atom. The highest BCUT2D eigenvalue weighted by atomic mass is 19.4. The van der Waals surface area contributed by atoms with Crippen molar-refractivity contribution in [2.75, 3.05) is 18.0 Å². The first kappa shape index (κ1) is 22.5. The van der Waals surface area contributed by atoms with Crippen LogP contribution in [-0.2, 0) is 16.0 Å². The van der Waals surface area contributed by atoms with Crippen molar-refractivity contribution in [2.24, 2.45) is 0 Å². The maximum atomic E-state index is 12.7. The number of nitrogens with zero attached hydrogens (tertiary/aromatic N) is 4. The molecule has 1 aromatic heterocycles. The summed E-state index contributed by atoms with van der Waals surface area (Å²) >= 11 is 0. The largest absolute Gasteiger partial charge is 0.490 e. The van der Waals surface area contributed by atoms with Gasteiger partial charge in [0.2, 0.25) is 11.9 Å². The van der Waals surface area contributed by atoms with Gasteiger partial charge in [0.25, 0.3) is 0 Å². The number of rotatable bonds is 4. The number of carboxylic acid groups (broad SMARTS) is 1. The molecule has 0 bridgehead atoms. The lowest BCUT2D eigenvalue weighted by Gasteiger charge is -2.25. The van der Waals surface area contributed by atoms with Crippen LogP contribution in [0.15, 0.2) is 48.8 Å². The van der Waals surface area contributed by atoms with Gasteiger partial charge in [-0.2, -0.15) is 13.2 Å². The van der Waals surface area contributed by atoms with E-state index in [1.165, 1.54) is 5.56 Å².